The van der Waals surface area contributed by atoms with Gasteiger partial charge in [0.1, 0.15) is 0 Å². The van der Waals surface area contributed by atoms with Gasteiger partial charge >= 0.3 is 6.18 Å². The quantitative estimate of drug-likeness (QED) is 0.605. The summed E-state index contributed by atoms with van der Waals surface area (Å²) in [6, 6.07) is 0. The summed E-state index contributed by atoms with van der Waals surface area (Å²) in [4.78, 5) is 0. The first-order valence-electron chi connectivity index (χ1n) is 3.36. The third-order valence-electron chi connectivity index (χ3n) is 2.24. The summed E-state index contributed by atoms with van der Waals surface area (Å²) in [6.07, 6.45) is -5.57. The topological polar surface area (TPSA) is 46.2 Å². The number of aliphatic hydroxyl groups excluding tert-OH is 1. The van der Waals surface area contributed by atoms with Crippen molar-refractivity contribution in [3.05, 3.63) is 0 Å². The molecule has 1 aliphatic carbocycles. The van der Waals surface area contributed by atoms with Crippen LogP contribution in [0.2, 0.25) is 0 Å². The Morgan fingerprint density at radius 1 is 1.45 bits per heavy atom. The first-order valence-corrected chi connectivity index (χ1v) is 3.36. The van der Waals surface area contributed by atoms with E-state index in [9.17, 15) is 13.2 Å². The zero-order valence-electron chi connectivity index (χ0n) is 5.86. The number of hydrogen-bond acceptors (Lipinski definition) is 2. The Morgan fingerprint density at radius 2 is 1.91 bits per heavy atom. The Kier molecular flexibility index (Phi) is 1.88. The van der Waals surface area contributed by atoms with Crippen LogP contribution in [0, 0.1) is 5.41 Å². The average Bonchev–Trinajstić information content (AvgIpc) is 1.77. The molecule has 0 aromatic heterocycles. The fourth-order valence-corrected chi connectivity index (χ4v) is 1.36. The van der Waals surface area contributed by atoms with Crippen molar-refractivity contribution in [2.75, 3.05) is 6.54 Å². The van der Waals surface area contributed by atoms with Crippen LogP contribution in [0.1, 0.15) is 12.8 Å². The third kappa shape index (κ3) is 1.22. The summed E-state index contributed by atoms with van der Waals surface area (Å²) in [5.41, 5.74) is 3.19. The first-order chi connectivity index (χ1) is 4.91. The van der Waals surface area contributed by atoms with Crippen LogP contribution in [0.5, 0.6) is 0 Å². The highest BCUT2D eigenvalue weighted by Gasteiger charge is 2.60. The third-order valence-corrected chi connectivity index (χ3v) is 2.24. The summed E-state index contributed by atoms with van der Waals surface area (Å²) < 4.78 is 36.4. The van der Waals surface area contributed by atoms with E-state index in [1.54, 1.807) is 0 Å². The highest BCUT2D eigenvalue weighted by molar-refractivity contribution is 4.99. The van der Waals surface area contributed by atoms with Crippen LogP contribution in [-0.2, 0) is 0 Å². The summed E-state index contributed by atoms with van der Waals surface area (Å²) >= 11 is 0. The highest BCUT2D eigenvalue weighted by atomic mass is 19.4. The lowest BCUT2D eigenvalue weighted by molar-refractivity contribution is -0.267. The van der Waals surface area contributed by atoms with Gasteiger partial charge in [0, 0.05) is 6.54 Å². The standard InChI is InChI=1S/C6H10F3NO/c7-6(8,9)5(3-10)1-4(11)2-5/h4,11H,1-3,10H2. The maximum Gasteiger partial charge on any atom is 0.395 e. The van der Waals surface area contributed by atoms with Crippen molar-refractivity contribution in [1.29, 1.82) is 0 Å². The monoisotopic (exact) mass is 169 g/mol. The van der Waals surface area contributed by atoms with E-state index in [1.165, 1.54) is 0 Å². The lowest BCUT2D eigenvalue weighted by atomic mass is 9.66. The number of halogens is 3. The van der Waals surface area contributed by atoms with Crippen molar-refractivity contribution in [1.82, 2.24) is 0 Å². The van der Waals surface area contributed by atoms with Crippen LogP contribution in [0.25, 0.3) is 0 Å². The zero-order valence-corrected chi connectivity index (χ0v) is 5.86. The number of alkyl halides is 3. The molecular formula is C6H10F3NO. The molecule has 2 nitrogen and oxygen atoms in total. The van der Waals surface area contributed by atoms with Crippen LogP contribution in [0.3, 0.4) is 0 Å². The average molecular weight is 169 g/mol. The van der Waals surface area contributed by atoms with Crippen LogP contribution in [0.4, 0.5) is 13.2 Å². The van der Waals surface area contributed by atoms with E-state index in [1.807, 2.05) is 0 Å². The van der Waals surface area contributed by atoms with Crippen molar-refractivity contribution < 1.29 is 18.3 Å². The van der Waals surface area contributed by atoms with Crippen molar-refractivity contribution in [3.8, 4) is 0 Å². The van der Waals surface area contributed by atoms with Gasteiger partial charge in [0.25, 0.3) is 0 Å². The summed E-state index contributed by atoms with van der Waals surface area (Å²) in [6.45, 7) is -0.423. The molecule has 11 heavy (non-hydrogen) atoms. The van der Waals surface area contributed by atoms with Crippen molar-refractivity contribution in [2.45, 2.75) is 25.1 Å². The molecule has 0 heterocycles. The minimum atomic E-state index is -4.26. The van der Waals surface area contributed by atoms with Crippen LogP contribution >= 0.6 is 0 Å². The van der Waals surface area contributed by atoms with E-state index in [4.69, 9.17) is 10.8 Å². The SMILES string of the molecule is NCC1(C(F)(F)F)CC(O)C1. The number of rotatable bonds is 1. The van der Waals surface area contributed by atoms with Gasteiger partial charge in [-0.2, -0.15) is 13.2 Å². The molecule has 0 spiro atoms. The zero-order chi connectivity index (χ0) is 8.70. The molecule has 66 valence electrons. The fourth-order valence-electron chi connectivity index (χ4n) is 1.36. The molecule has 0 saturated heterocycles. The smallest absolute Gasteiger partial charge is 0.393 e. The molecule has 0 unspecified atom stereocenters. The molecule has 0 aromatic carbocycles. The second-order valence-corrected chi connectivity index (χ2v) is 3.04. The van der Waals surface area contributed by atoms with E-state index >= 15 is 0 Å². The molecule has 0 atom stereocenters. The van der Waals surface area contributed by atoms with Crippen LogP contribution in [-0.4, -0.2) is 23.9 Å². The highest BCUT2D eigenvalue weighted by Crippen LogP contribution is 2.52. The normalized spacial score (nSPS) is 38.5. The number of nitrogens with two attached hydrogens (primary N) is 1. The Hall–Kier alpha value is -0.290. The van der Waals surface area contributed by atoms with E-state index in [0.29, 0.717) is 0 Å². The van der Waals surface area contributed by atoms with E-state index in [0.717, 1.165) is 0 Å². The predicted molar refractivity (Wildman–Crippen MR) is 32.8 cm³/mol. The lowest BCUT2D eigenvalue weighted by Gasteiger charge is -2.45. The first kappa shape index (κ1) is 8.80. The predicted octanol–water partition coefficient (Wildman–Crippen LogP) is 0.648. The van der Waals surface area contributed by atoms with E-state index < -0.39 is 24.2 Å². The lowest BCUT2D eigenvalue weighted by Crippen LogP contribution is -2.55. The van der Waals surface area contributed by atoms with Gasteiger partial charge in [-0.15, -0.1) is 0 Å². The van der Waals surface area contributed by atoms with E-state index in [-0.39, 0.29) is 12.8 Å². The molecule has 3 N–H and O–H groups in total. The summed E-state index contributed by atoms with van der Waals surface area (Å²) in [7, 11) is 0. The maximum absolute atomic E-state index is 12.1. The molecular weight excluding hydrogens is 159 g/mol. The molecule has 0 aliphatic heterocycles. The molecule has 1 aliphatic rings. The summed E-state index contributed by atoms with van der Waals surface area (Å²) in [5, 5.41) is 8.72. The molecule has 1 fully saturated rings. The van der Waals surface area contributed by atoms with Crippen molar-refractivity contribution >= 4 is 0 Å². The Bertz CT molecular complexity index is 150. The van der Waals surface area contributed by atoms with Gasteiger partial charge in [0.2, 0.25) is 0 Å². The molecule has 0 bridgehead atoms. The fraction of sp³-hybridized carbons (Fsp3) is 1.00. The van der Waals surface area contributed by atoms with Crippen LogP contribution < -0.4 is 5.73 Å². The molecule has 0 radical (unpaired) electrons. The van der Waals surface area contributed by atoms with Gasteiger partial charge in [-0.05, 0) is 12.8 Å². The van der Waals surface area contributed by atoms with E-state index in [2.05, 4.69) is 0 Å². The molecule has 0 aromatic rings. The minimum Gasteiger partial charge on any atom is -0.393 e. The molecule has 1 saturated carbocycles. The van der Waals surface area contributed by atoms with Gasteiger partial charge in [0.15, 0.2) is 0 Å². The Balaban J connectivity index is 2.65. The maximum atomic E-state index is 12.1. The summed E-state index contributed by atoms with van der Waals surface area (Å²) in [5.74, 6) is 0. The van der Waals surface area contributed by atoms with Gasteiger partial charge in [-0.25, -0.2) is 0 Å². The van der Waals surface area contributed by atoms with Crippen LogP contribution in [0.15, 0.2) is 0 Å². The molecule has 5 heteroatoms. The Labute approximate surface area is 62.2 Å². The second kappa shape index (κ2) is 2.35. The van der Waals surface area contributed by atoms with Gasteiger partial charge in [-0.3, -0.25) is 0 Å². The van der Waals surface area contributed by atoms with Gasteiger partial charge in [-0.1, -0.05) is 0 Å². The number of hydrogen-bond donors (Lipinski definition) is 2. The largest absolute Gasteiger partial charge is 0.395 e. The molecule has 0 amide bonds. The van der Waals surface area contributed by atoms with Crippen molar-refractivity contribution in [3.63, 3.8) is 0 Å². The number of aliphatic hydroxyl groups is 1. The Morgan fingerprint density at radius 3 is 2.00 bits per heavy atom. The van der Waals surface area contributed by atoms with Gasteiger partial charge in [0.05, 0.1) is 11.5 Å². The van der Waals surface area contributed by atoms with Crippen molar-refractivity contribution in [2.24, 2.45) is 11.1 Å². The second-order valence-electron chi connectivity index (χ2n) is 3.04. The molecule has 1 rings (SSSR count). The van der Waals surface area contributed by atoms with Gasteiger partial charge < -0.3 is 10.8 Å². The minimum absolute atomic E-state index is 0.243.